The molecule has 76 valence electrons. The van der Waals surface area contributed by atoms with E-state index in [-0.39, 0.29) is 0 Å². The average Bonchev–Trinajstić information content (AvgIpc) is 2.23. The molecule has 0 nitrogen and oxygen atoms in total. The highest BCUT2D eigenvalue weighted by Gasteiger charge is 2.22. The fourth-order valence-corrected chi connectivity index (χ4v) is 3.75. The van der Waals surface area contributed by atoms with Gasteiger partial charge in [0.25, 0.3) is 0 Å². The summed E-state index contributed by atoms with van der Waals surface area (Å²) in [4.78, 5) is 1.57. The number of hydrogen-bond donors (Lipinski definition) is 0. The standard InChI is InChI=1S/C13H18S/c1-4-11-7-8-14-13-10(3)6-5-9(2)12(11)13/h5-6,11H,4,7-8H2,1-3H3. The fraction of sp³-hybridized carbons (Fsp3) is 0.538. The summed E-state index contributed by atoms with van der Waals surface area (Å²) in [6, 6.07) is 4.54. The summed E-state index contributed by atoms with van der Waals surface area (Å²) in [5, 5.41) is 0. The molecule has 1 aliphatic heterocycles. The van der Waals surface area contributed by atoms with E-state index in [0.29, 0.717) is 0 Å². The predicted octanol–water partition coefficient (Wildman–Crippen LogP) is 4.29. The van der Waals surface area contributed by atoms with Crippen molar-refractivity contribution in [2.45, 2.75) is 44.4 Å². The van der Waals surface area contributed by atoms with Crippen LogP contribution in [-0.4, -0.2) is 5.75 Å². The zero-order chi connectivity index (χ0) is 10.1. The van der Waals surface area contributed by atoms with Crippen molar-refractivity contribution in [3.8, 4) is 0 Å². The maximum Gasteiger partial charge on any atom is 0.0139 e. The number of fused-ring (bicyclic) bond motifs is 1. The molecule has 0 radical (unpaired) electrons. The summed E-state index contributed by atoms with van der Waals surface area (Å²) >= 11 is 2.05. The summed E-state index contributed by atoms with van der Waals surface area (Å²) in [5.41, 5.74) is 4.60. The zero-order valence-corrected chi connectivity index (χ0v) is 10.1. The second-order valence-corrected chi connectivity index (χ2v) is 5.29. The van der Waals surface area contributed by atoms with E-state index < -0.39 is 0 Å². The quantitative estimate of drug-likeness (QED) is 0.660. The molecule has 0 bridgehead atoms. The highest BCUT2D eigenvalue weighted by atomic mass is 32.2. The van der Waals surface area contributed by atoms with Gasteiger partial charge >= 0.3 is 0 Å². The Bertz CT molecular complexity index is 341. The lowest BCUT2D eigenvalue weighted by Crippen LogP contribution is -2.09. The topological polar surface area (TPSA) is 0 Å². The molecule has 1 heteroatoms. The molecule has 1 atom stereocenters. The smallest absolute Gasteiger partial charge is 0.0139 e. The summed E-state index contributed by atoms with van der Waals surface area (Å²) in [5.74, 6) is 2.11. The van der Waals surface area contributed by atoms with Crippen molar-refractivity contribution >= 4 is 11.8 Å². The van der Waals surface area contributed by atoms with Crippen molar-refractivity contribution in [3.05, 3.63) is 28.8 Å². The molecule has 0 fully saturated rings. The van der Waals surface area contributed by atoms with E-state index >= 15 is 0 Å². The van der Waals surface area contributed by atoms with Crippen LogP contribution >= 0.6 is 11.8 Å². The number of aryl methyl sites for hydroxylation is 2. The van der Waals surface area contributed by atoms with Crippen LogP contribution in [0.15, 0.2) is 17.0 Å². The molecule has 2 rings (SSSR count). The Morgan fingerprint density at radius 3 is 2.71 bits per heavy atom. The summed E-state index contributed by atoms with van der Waals surface area (Å²) in [7, 11) is 0. The number of hydrogen-bond acceptors (Lipinski definition) is 1. The highest BCUT2D eigenvalue weighted by Crippen LogP contribution is 2.42. The Hall–Kier alpha value is -0.430. The van der Waals surface area contributed by atoms with Crippen LogP contribution in [0.3, 0.4) is 0 Å². The molecular weight excluding hydrogens is 188 g/mol. The van der Waals surface area contributed by atoms with E-state index in [1.165, 1.54) is 29.7 Å². The molecule has 14 heavy (non-hydrogen) atoms. The molecule has 0 amide bonds. The van der Waals surface area contributed by atoms with Crippen molar-refractivity contribution < 1.29 is 0 Å². The van der Waals surface area contributed by atoms with Crippen LogP contribution in [0.5, 0.6) is 0 Å². The third-order valence-corrected chi connectivity index (χ3v) is 4.50. The van der Waals surface area contributed by atoms with E-state index in [1.807, 2.05) is 11.8 Å². The van der Waals surface area contributed by atoms with Gasteiger partial charge in [-0.1, -0.05) is 19.1 Å². The second kappa shape index (κ2) is 3.98. The van der Waals surface area contributed by atoms with Gasteiger partial charge in [0, 0.05) is 4.90 Å². The lowest BCUT2D eigenvalue weighted by Gasteiger charge is -2.27. The van der Waals surface area contributed by atoms with E-state index in [2.05, 4.69) is 32.9 Å². The van der Waals surface area contributed by atoms with Gasteiger partial charge in [0.2, 0.25) is 0 Å². The molecule has 1 aromatic carbocycles. The van der Waals surface area contributed by atoms with E-state index in [9.17, 15) is 0 Å². The van der Waals surface area contributed by atoms with Crippen molar-refractivity contribution in [2.75, 3.05) is 5.75 Å². The second-order valence-electron chi connectivity index (χ2n) is 4.18. The number of thioether (sulfide) groups is 1. The van der Waals surface area contributed by atoms with Gasteiger partial charge in [-0.05, 0) is 55.1 Å². The van der Waals surface area contributed by atoms with Crippen LogP contribution in [0.2, 0.25) is 0 Å². The SMILES string of the molecule is CCC1CCSc2c(C)ccc(C)c21. The normalized spacial score (nSPS) is 20.6. The third kappa shape index (κ3) is 1.58. The van der Waals surface area contributed by atoms with Crippen LogP contribution in [0.25, 0.3) is 0 Å². The lowest BCUT2D eigenvalue weighted by molar-refractivity contribution is 0.621. The Morgan fingerprint density at radius 2 is 2.00 bits per heavy atom. The van der Waals surface area contributed by atoms with Crippen LogP contribution < -0.4 is 0 Å². The molecule has 1 aliphatic rings. The van der Waals surface area contributed by atoms with Crippen molar-refractivity contribution in [1.82, 2.24) is 0 Å². The average molecular weight is 206 g/mol. The monoisotopic (exact) mass is 206 g/mol. The predicted molar refractivity (Wildman–Crippen MR) is 64.3 cm³/mol. The van der Waals surface area contributed by atoms with E-state index in [4.69, 9.17) is 0 Å². The van der Waals surface area contributed by atoms with Crippen LogP contribution in [0, 0.1) is 13.8 Å². The minimum absolute atomic E-state index is 0.811. The maximum atomic E-state index is 2.31. The summed E-state index contributed by atoms with van der Waals surface area (Å²) in [6.45, 7) is 6.81. The zero-order valence-electron chi connectivity index (χ0n) is 9.26. The van der Waals surface area contributed by atoms with Gasteiger partial charge in [-0.25, -0.2) is 0 Å². The first-order valence-electron chi connectivity index (χ1n) is 5.47. The molecule has 0 N–H and O–H groups in total. The Balaban J connectivity index is 2.55. The minimum Gasteiger partial charge on any atom is -0.126 e. The van der Waals surface area contributed by atoms with Crippen LogP contribution in [-0.2, 0) is 0 Å². The number of rotatable bonds is 1. The Labute approximate surface area is 91.1 Å². The van der Waals surface area contributed by atoms with Crippen molar-refractivity contribution in [1.29, 1.82) is 0 Å². The molecule has 1 unspecified atom stereocenters. The molecular formula is C13H18S. The third-order valence-electron chi connectivity index (χ3n) is 3.22. The fourth-order valence-electron chi connectivity index (χ4n) is 2.36. The molecule has 0 saturated carbocycles. The van der Waals surface area contributed by atoms with Gasteiger partial charge in [-0.2, -0.15) is 0 Å². The van der Waals surface area contributed by atoms with Gasteiger partial charge in [-0.3, -0.25) is 0 Å². The molecule has 0 saturated heterocycles. The van der Waals surface area contributed by atoms with Crippen molar-refractivity contribution in [3.63, 3.8) is 0 Å². The molecule has 0 aliphatic carbocycles. The number of benzene rings is 1. The van der Waals surface area contributed by atoms with Gasteiger partial charge in [0.15, 0.2) is 0 Å². The van der Waals surface area contributed by atoms with Gasteiger partial charge in [0.05, 0.1) is 0 Å². The molecule has 0 spiro atoms. The minimum atomic E-state index is 0.811. The van der Waals surface area contributed by atoms with Gasteiger partial charge in [0.1, 0.15) is 0 Å². The summed E-state index contributed by atoms with van der Waals surface area (Å²) in [6.07, 6.45) is 2.65. The Morgan fingerprint density at radius 1 is 1.29 bits per heavy atom. The van der Waals surface area contributed by atoms with E-state index in [1.54, 1.807) is 10.5 Å². The first-order valence-corrected chi connectivity index (χ1v) is 6.45. The molecule has 1 aromatic rings. The summed E-state index contributed by atoms with van der Waals surface area (Å²) < 4.78 is 0. The lowest BCUT2D eigenvalue weighted by atomic mass is 9.89. The molecule has 0 aromatic heterocycles. The van der Waals surface area contributed by atoms with E-state index in [0.717, 1.165) is 5.92 Å². The van der Waals surface area contributed by atoms with Gasteiger partial charge < -0.3 is 0 Å². The largest absolute Gasteiger partial charge is 0.126 e. The van der Waals surface area contributed by atoms with Crippen molar-refractivity contribution in [2.24, 2.45) is 0 Å². The van der Waals surface area contributed by atoms with Crippen LogP contribution in [0.1, 0.15) is 42.4 Å². The van der Waals surface area contributed by atoms with Crippen LogP contribution in [0.4, 0.5) is 0 Å². The van der Waals surface area contributed by atoms with Gasteiger partial charge in [-0.15, -0.1) is 11.8 Å². The molecule has 1 heterocycles. The Kier molecular flexibility index (Phi) is 2.87. The highest BCUT2D eigenvalue weighted by molar-refractivity contribution is 7.99. The first kappa shape index (κ1) is 10.1. The first-order chi connectivity index (χ1) is 6.74. The maximum absolute atomic E-state index is 2.31.